The van der Waals surface area contributed by atoms with E-state index in [9.17, 15) is 23.3 Å². The molecule has 0 aliphatic heterocycles. The molecule has 130 valence electrons. The number of anilines is 1. The van der Waals surface area contributed by atoms with Crippen molar-refractivity contribution in [1.82, 2.24) is 9.13 Å². The summed E-state index contributed by atoms with van der Waals surface area (Å²) < 4.78 is 30.2. The number of hydrogen-bond acceptors (Lipinski definition) is 5. The molecule has 0 atom stereocenters. The largest absolute Gasteiger partial charge is 0.328 e. The first-order valence-electron chi connectivity index (χ1n) is 7.13. The fraction of sp³-hybridized carbons (Fsp3) is 0.133. The maximum absolute atomic E-state index is 12.6. The molecule has 1 N–H and O–H groups in total. The van der Waals surface area contributed by atoms with Crippen LogP contribution < -0.4 is 10.4 Å². The van der Waals surface area contributed by atoms with E-state index in [4.69, 9.17) is 0 Å². The molecule has 0 saturated heterocycles. The quantitative estimate of drug-likeness (QED) is 0.559. The maximum atomic E-state index is 12.6. The summed E-state index contributed by atoms with van der Waals surface area (Å²) in [5.41, 5.74) is 0.657. The number of hydrogen-bond donors (Lipinski definition) is 1. The second kappa shape index (κ2) is 5.74. The minimum absolute atomic E-state index is 0.0484. The molecule has 0 bridgehead atoms. The van der Waals surface area contributed by atoms with E-state index in [1.807, 2.05) is 0 Å². The highest BCUT2D eigenvalue weighted by Crippen LogP contribution is 2.23. The third kappa shape index (κ3) is 2.87. The number of imidazole rings is 1. The Kier molecular flexibility index (Phi) is 3.84. The van der Waals surface area contributed by atoms with Crippen LogP contribution in [0.3, 0.4) is 0 Å². The Bertz CT molecular complexity index is 1160. The van der Waals surface area contributed by atoms with Crippen molar-refractivity contribution in [1.29, 1.82) is 0 Å². The zero-order chi connectivity index (χ0) is 18.4. The van der Waals surface area contributed by atoms with E-state index in [1.54, 1.807) is 20.2 Å². The summed E-state index contributed by atoms with van der Waals surface area (Å²) >= 11 is 0. The fourth-order valence-corrected chi connectivity index (χ4v) is 3.62. The molecule has 9 nitrogen and oxygen atoms in total. The topological polar surface area (TPSA) is 116 Å². The van der Waals surface area contributed by atoms with Gasteiger partial charge >= 0.3 is 5.69 Å². The van der Waals surface area contributed by atoms with Gasteiger partial charge in [0.25, 0.3) is 15.7 Å². The highest BCUT2D eigenvalue weighted by atomic mass is 32.2. The third-order valence-electron chi connectivity index (χ3n) is 3.86. The molecule has 25 heavy (non-hydrogen) atoms. The summed E-state index contributed by atoms with van der Waals surface area (Å²) in [6.07, 6.45) is 0. The Hall–Kier alpha value is -3.14. The smallest absolute Gasteiger partial charge is 0.295 e. The van der Waals surface area contributed by atoms with Gasteiger partial charge in [0, 0.05) is 26.2 Å². The summed E-state index contributed by atoms with van der Waals surface area (Å²) in [7, 11) is -0.817. The van der Waals surface area contributed by atoms with E-state index in [0.29, 0.717) is 11.0 Å². The monoisotopic (exact) mass is 362 g/mol. The van der Waals surface area contributed by atoms with E-state index in [0.717, 1.165) is 6.07 Å². The Balaban J connectivity index is 2.04. The van der Waals surface area contributed by atoms with Crippen LogP contribution in [0.2, 0.25) is 0 Å². The summed E-state index contributed by atoms with van der Waals surface area (Å²) in [5, 5.41) is 10.8. The minimum Gasteiger partial charge on any atom is -0.295 e. The molecule has 0 aliphatic carbocycles. The number of benzene rings is 2. The minimum atomic E-state index is -3.96. The highest BCUT2D eigenvalue weighted by molar-refractivity contribution is 7.92. The summed E-state index contributed by atoms with van der Waals surface area (Å²) in [5.74, 6) is 0. The molecule has 2 aromatic carbocycles. The molecule has 10 heteroatoms. The number of nitrogens with one attached hydrogen (secondary N) is 1. The number of aryl methyl sites for hydroxylation is 2. The molecule has 1 heterocycles. The van der Waals surface area contributed by atoms with Gasteiger partial charge in [-0.25, -0.2) is 13.2 Å². The average molecular weight is 362 g/mol. The SMILES string of the molecule is Cn1c(=O)n(C)c2cc(S(=O)(=O)Nc3cccc([N+](=O)[O-])c3)ccc21. The average Bonchev–Trinajstić information content (AvgIpc) is 2.79. The molecule has 0 amide bonds. The molecule has 0 fully saturated rings. The fourth-order valence-electron chi connectivity index (χ4n) is 2.55. The van der Waals surface area contributed by atoms with E-state index < -0.39 is 14.9 Å². The van der Waals surface area contributed by atoms with Gasteiger partial charge in [-0.3, -0.25) is 24.0 Å². The van der Waals surface area contributed by atoms with Gasteiger partial charge in [-0.05, 0) is 24.3 Å². The maximum Gasteiger partial charge on any atom is 0.328 e. The van der Waals surface area contributed by atoms with Crippen LogP contribution in [-0.4, -0.2) is 22.5 Å². The van der Waals surface area contributed by atoms with Crippen LogP contribution >= 0.6 is 0 Å². The van der Waals surface area contributed by atoms with Gasteiger partial charge in [0.15, 0.2) is 0 Å². The van der Waals surface area contributed by atoms with Crippen molar-refractivity contribution in [2.45, 2.75) is 4.90 Å². The van der Waals surface area contributed by atoms with Crippen molar-refractivity contribution in [3.8, 4) is 0 Å². The van der Waals surface area contributed by atoms with Gasteiger partial charge in [-0.2, -0.15) is 0 Å². The third-order valence-corrected chi connectivity index (χ3v) is 5.24. The van der Waals surface area contributed by atoms with E-state index >= 15 is 0 Å². The van der Waals surface area contributed by atoms with Crippen LogP contribution in [-0.2, 0) is 24.1 Å². The molecule has 0 unspecified atom stereocenters. The Labute approximate surface area is 142 Å². The normalized spacial score (nSPS) is 11.6. The van der Waals surface area contributed by atoms with Crippen LogP contribution in [0.15, 0.2) is 52.2 Å². The number of sulfonamides is 1. The van der Waals surface area contributed by atoms with Gasteiger partial charge < -0.3 is 0 Å². The van der Waals surface area contributed by atoms with Gasteiger partial charge in [0.2, 0.25) is 0 Å². The predicted molar refractivity (Wildman–Crippen MR) is 92.1 cm³/mol. The van der Waals surface area contributed by atoms with Crippen molar-refractivity contribution in [3.63, 3.8) is 0 Å². The second-order valence-electron chi connectivity index (χ2n) is 5.46. The van der Waals surface area contributed by atoms with Gasteiger partial charge in [0.1, 0.15) is 0 Å². The molecule has 0 radical (unpaired) electrons. The van der Waals surface area contributed by atoms with E-state index in [-0.39, 0.29) is 22.0 Å². The lowest BCUT2D eigenvalue weighted by Gasteiger charge is -2.08. The zero-order valence-electron chi connectivity index (χ0n) is 13.3. The van der Waals surface area contributed by atoms with Crippen molar-refractivity contribution in [2.24, 2.45) is 14.1 Å². The Morgan fingerprint density at radius 1 is 1.04 bits per heavy atom. The van der Waals surface area contributed by atoms with Crippen molar-refractivity contribution in [3.05, 3.63) is 63.1 Å². The number of nitrogens with zero attached hydrogens (tertiary/aromatic N) is 3. The molecule has 0 aliphatic rings. The molecule has 0 spiro atoms. The molecular weight excluding hydrogens is 348 g/mol. The predicted octanol–water partition coefficient (Wildman–Crippen LogP) is 1.59. The first-order chi connectivity index (χ1) is 11.7. The Morgan fingerprint density at radius 2 is 1.72 bits per heavy atom. The molecule has 3 rings (SSSR count). The van der Waals surface area contributed by atoms with Crippen LogP contribution in [0.5, 0.6) is 0 Å². The first kappa shape index (κ1) is 16.7. The number of fused-ring (bicyclic) bond motifs is 1. The standard InChI is InChI=1S/C15H14N4O5S/c1-17-13-7-6-12(9-14(13)18(2)15(17)20)25(23,24)16-10-4-3-5-11(8-10)19(21)22/h3-9,16H,1-2H3. The second-order valence-corrected chi connectivity index (χ2v) is 7.15. The first-order valence-corrected chi connectivity index (χ1v) is 8.62. The number of nitro benzene ring substituents is 1. The molecule has 0 saturated carbocycles. The van der Waals surface area contributed by atoms with Crippen LogP contribution in [0, 0.1) is 10.1 Å². The van der Waals surface area contributed by atoms with Crippen molar-refractivity contribution >= 4 is 32.4 Å². The van der Waals surface area contributed by atoms with Gasteiger partial charge in [-0.15, -0.1) is 0 Å². The van der Waals surface area contributed by atoms with Crippen LogP contribution in [0.4, 0.5) is 11.4 Å². The van der Waals surface area contributed by atoms with Gasteiger partial charge in [0.05, 0.1) is 26.5 Å². The lowest BCUT2D eigenvalue weighted by atomic mass is 10.3. The summed E-state index contributed by atoms with van der Waals surface area (Å²) in [6, 6.07) is 9.51. The number of rotatable bonds is 4. The summed E-state index contributed by atoms with van der Waals surface area (Å²) in [4.78, 5) is 22.1. The number of nitro groups is 1. The summed E-state index contributed by atoms with van der Waals surface area (Å²) in [6.45, 7) is 0. The zero-order valence-corrected chi connectivity index (χ0v) is 14.1. The molecule has 3 aromatic rings. The number of aromatic nitrogens is 2. The van der Waals surface area contributed by atoms with Crippen LogP contribution in [0.25, 0.3) is 11.0 Å². The van der Waals surface area contributed by atoms with Crippen LogP contribution in [0.1, 0.15) is 0 Å². The van der Waals surface area contributed by atoms with Gasteiger partial charge in [-0.1, -0.05) is 6.07 Å². The lowest BCUT2D eigenvalue weighted by molar-refractivity contribution is -0.384. The van der Waals surface area contributed by atoms with E-state index in [2.05, 4.69) is 4.72 Å². The molecule has 1 aromatic heterocycles. The Morgan fingerprint density at radius 3 is 2.40 bits per heavy atom. The van der Waals surface area contributed by atoms with Crippen molar-refractivity contribution < 1.29 is 13.3 Å². The van der Waals surface area contributed by atoms with Crippen molar-refractivity contribution in [2.75, 3.05) is 4.72 Å². The number of non-ortho nitro benzene ring substituents is 1. The van der Waals surface area contributed by atoms with E-state index in [1.165, 1.54) is 39.5 Å². The molecular formula is C15H14N4O5S. The lowest BCUT2D eigenvalue weighted by Crippen LogP contribution is -2.19. The highest BCUT2D eigenvalue weighted by Gasteiger charge is 2.18.